The quantitative estimate of drug-likeness (QED) is 0.795. The van der Waals surface area contributed by atoms with E-state index in [0.29, 0.717) is 11.5 Å². The van der Waals surface area contributed by atoms with Gasteiger partial charge in [0.05, 0.1) is 0 Å². The highest BCUT2D eigenvalue weighted by Crippen LogP contribution is 2.37. The fourth-order valence-electron chi connectivity index (χ4n) is 2.89. The summed E-state index contributed by atoms with van der Waals surface area (Å²) in [7, 11) is 0. The number of halogens is 1. The molecule has 1 aromatic heterocycles. The molecule has 0 amide bonds. The molecule has 0 bridgehead atoms. The smallest absolute Gasteiger partial charge is 0.137 e. The van der Waals surface area contributed by atoms with E-state index in [1.165, 1.54) is 17.7 Å². The Labute approximate surface area is 106 Å². The van der Waals surface area contributed by atoms with Gasteiger partial charge in [0.15, 0.2) is 0 Å². The van der Waals surface area contributed by atoms with Crippen molar-refractivity contribution in [1.82, 2.24) is 5.32 Å². The van der Waals surface area contributed by atoms with Gasteiger partial charge in [0, 0.05) is 36.5 Å². The molecule has 3 heteroatoms. The highest BCUT2D eigenvalue weighted by atomic mass is 19.1. The van der Waals surface area contributed by atoms with Crippen LogP contribution in [0, 0.1) is 5.82 Å². The van der Waals surface area contributed by atoms with Crippen molar-refractivity contribution in [3.63, 3.8) is 0 Å². The summed E-state index contributed by atoms with van der Waals surface area (Å²) in [5.41, 5.74) is 1.98. The van der Waals surface area contributed by atoms with E-state index >= 15 is 0 Å². The Hall–Kier alpha value is -1.35. The van der Waals surface area contributed by atoms with E-state index < -0.39 is 0 Å². The monoisotopic (exact) mass is 246 g/mol. The normalized spacial score (nSPS) is 17.4. The molecule has 1 fully saturated rings. The number of hydrogen-bond donors (Lipinski definition) is 0. The summed E-state index contributed by atoms with van der Waals surface area (Å²) >= 11 is 0. The molecule has 3 rings (SSSR count). The van der Waals surface area contributed by atoms with Gasteiger partial charge < -0.3 is 4.42 Å². The number of nitrogens with zero attached hydrogens (tertiary/aromatic N) is 1. The fourth-order valence-corrected chi connectivity index (χ4v) is 2.89. The minimum Gasteiger partial charge on any atom is -0.461 e. The van der Waals surface area contributed by atoms with Crippen LogP contribution < -0.4 is 5.32 Å². The molecule has 2 aromatic rings. The van der Waals surface area contributed by atoms with Gasteiger partial charge in [-0.25, -0.2) is 9.71 Å². The van der Waals surface area contributed by atoms with Gasteiger partial charge in [-0.05, 0) is 30.9 Å². The van der Waals surface area contributed by atoms with E-state index in [1.807, 2.05) is 6.07 Å². The third-order valence-electron chi connectivity index (χ3n) is 3.77. The van der Waals surface area contributed by atoms with Gasteiger partial charge in [0.1, 0.15) is 17.2 Å². The van der Waals surface area contributed by atoms with Crippen LogP contribution >= 0.6 is 0 Å². The zero-order chi connectivity index (χ0) is 12.5. The maximum Gasteiger partial charge on any atom is 0.137 e. The lowest BCUT2D eigenvalue weighted by atomic mass is 9.87. The van der Waals surface area contributed by atoms with Crippen molar-refractivity contribution in [3.8, 4) is 0 Å². The molecule has 0 spiro atoms. The number of aryl methyl sites for hydroxylation is 1. The second-order valence-corrected chi connectivity index (χ2v) is 4.88. The highest BCUT2D eigenvalue weighted by molar-refractivity contribution is 5.83. The molecule has 2 nitrogen and oxygen atoms in total. The van der Waals surface area contributed by atoms with E-state index in [0.717, 1.165) is 43.5 Å². The molecule has 18 heavy (non-hydrogen) atoms. The molecule has 2 heterocycles. The zero-order valence-electron chi connectivity index (χ0n) is 10.6. The molecule has 0 saturated carbocycles. The minimum absolute atomic E-state index is 0.232. The Morgan fingerprint density at radius 2 is 2.11 bits per heavy atom. The molecular weight excluding hydrogens is 229 g/mol. The third-order valence-corrected chi connectivity index (χ3v) is 3.77. The van der Waals surface area contributed by atoms with Crippen molar-refractivity contribution in [2.75, 3.05) is 13.1 Å². The topological polar surface area (TPSA) is 27.2 Å². The molecule has 0 aliphatic carbocycles. The maximum atomic E-state index is 13.2. The lowest BCUT2D eigenvalue weighted by Gasteiger charge is -2.21. The Morgan fingerprint density at radius 3 is 2.83 bits per heavy atom. The predicted octanol–water partition coefficient (Wildman–Crippen LogP) is 3.62. The Kier molecular flexibility index (Phi) is 3.08. The lowest BCUT2D eigenvalue weighted by Crippen LogP contribution is -2.21. The van der Waals surface area contributed by atoms with Crippen molar-refractivity contribution in [2.45, 2.75) is 32.1 Å². The van der Waals surface area contributed by atoms with Gasteiger partial charge in [0.2, 0.25) is 0 Å². The van der Waals surface area contributed by atoms with Crippen LogP contribution in [0.25, 0.3) is 11.0 Å². The van der Waals surface area contributed by atoms with Crippen molar-refractivity contribution >= 4 is 11.0 Å². The van der Waals surface area contributed by atoms with Crippen LogP contribution in [0.5, 0.6) is 0 Å². The Morgan fingerprint density at radius 1 is 1.33 bits per heavy atom. The number of hydrogen-bond acceptors (Lipinski definition) is 1. The average molecular weight is 246 g/mol. The summed E-state index contributed by atoms with van der Waals surface area (Å²) in [4.78, 5) is 0. The lowest BCUT2D eigenvalue weighted by molar-refractivity contribution is 0.443. The highest BCUT2D eigenvalue weighted by Gasteiger charge is 2.23. The molecule has 0 N–H and O–H groups in total. The molecule has 1 aromatic carbocycles. The van der Waals surface area contributed by atoms with Crippen molar-refractivity contribution < 1.29 is 8.81 Å². The molecule has 1 aliphatic heterocycles. The average Bonchev–Trinajstić information content (AvgIpc) is 2.77. The van der Waals surface area contributed by atoms with Crippen LogP contribution in [0.2, 0.25) is 0 Å². The largest absolute Gasteiger partial charge is 0.461 e. The Bertz CT molecular complexity index is 555. The van der Waals surface area contributed by atoms with Crippen molar-refractivity contribution in [3.05, 3.63) is 35.3 Å². The SMILES string of the molecule is CCc1oc2cc(F)ccc2c1C1CC[N]CC1. The predicted molar refractivity (Wildman–Crippen MR) is 69.4 cm³/mol. The number of piperidine rings is 1. The second-order valence-electron chi connectivity index (χ2n) is 4.88. The summed E-state index contributed by atoms with van der Waals surface area (Å²) in [5.74, 6) is 1.30. The standard InChI is InChI=1S/C15H17FNO/c1-2-13-15(10-5-7-17-8-6-10)12-4-3-11(16)9-14(12)18-13/h3-4,9-10H,2,5-8H2,1H3. The molecule has 95 valence electrons. The summed E-state index contributed by atoms with van der Waals surface area (Å²) in [5, 5.41) is 5.48. The first-order chi connectivity index (χ1) is 8.79. The van der Waals surface area contributed by atoms with Crippen LogP contribution in [0.4, 0.5) is 4.39 Å². The van der Waals surface area contributed by atoms with Gasteiger partial charge >= 0.3 is 0 Å². The van der Waals surface area contributed by atoms with Crippen LogP contribution in [0.15, 0.2) is 22.6 Å². The first-order valence-electron chi connectivity index (χ1n) is 6.63. The van der Waals surface area contributed by atoms with Gasteiger partial charge in [-0.2, -0.15) is 0 Å². The molecular formula is C15H17FNO. The van der Waals surface area contributed by atoms with Gasteiger partial charge in [-0.1, -0.05) is 6.92 Å². The van der Waals surface area contributed by atoms with Crippen molar-refractivity contribution in [1.29, 1.82) is 0 Å². The van der Waals surface area contributed by atoms with Crippen LogP contribution in [-0.4, -0.2) is 13.1 Å². The molecule has 0 atom stereocenters. The minimum atomic E-state index is -0.232. The second kappa shape index (κ2) is 4.73. The first-order valence-corrected chi connectivity index (χ1v) is 6.63. The number of fused-ring (bicyclic) bond motifs is 1. The molecule has 1 saturated heterocycles. The molecule has 0 unspecified atom stereocenters. The van der Waals surface area contributed by atoms with E-state index in [1.54, 1.807) is 0 Å². The fraction of sp³-hybridized carbons (Fsp3) is 0.467. The van der Waals surface area contributed by atoms with Crippen LogP contribution in [0.3, 0.4) is 0 Å². The third kappa shape index (κ3) is 1.93. The molecule has 1 aliphatic rings. The number of benzene rings is 1. The first kappa shape index (κ1) is 11.7. The van der Waals surface area contributed by atoms with E-state index in [4.69, 9.17) is 4.42 Å². The van der Waals surface area contributed by atoms with E-state index in [2.05, 4.69) is 12.2 Å². The van der Waals surface area contributed by atoms with Gasteiger partial charge in [-0.15, -0.1) is 0 Å². The zero-order valence-corrected chi connectivity index (χ0v) is 10.6. The summed E-state index contributed by atoms with van der Waals surface area (Å²) in [6, 6.07) is 4.87. The Balaban J connectivity index is 2.12. The summed E-state index contributed by atoms with van der Waals surface area (Å²) < 4.78 is 19.1. The van der Waals surface area contributed by atoms with Crippen LogP contribution in [0.1, 0.15) is 37.0 Å². The molecule has 1 radical (unpaired) electrons. The number of furan rings is 1. The van der Waals surface area contributed by atoms with Gasteiger partial charge in [-0.3, -0.25) is 0 Å². The van der Waals surface area contributed by atoms with Gasteiger partial charge in [0.25, 0.3) is 0 Å². The maximum absolute atomic E-state index is 13.2. The van der Waals surface area contributed by atoms with E-state index in [9.17, 15) is 4.39 Å². The van der Waals surface area contributed by atoms with E-state index in [-0.39, 0.29) is 5.82 Å². The number of rotatable bonds is 2. The summed E-state index contributed by atoms with van der Waals surface area (Å²) in [6.45, 7) is 3.95. The van der Waals surface area contributed by atoms with Crippen LogP contribution in [-0.2, 0) is 6.42 Å². The van der Waals surface area contributed by atoms with Crippen molar-refractivity contribution in [2.24, 2.45) is 0 Å². The summed E-state index contributed by atoms with van der Waals surface area (Å²) in [6.07, 6.45) is 3.03.